The van der Waals surface area contributed by atoms with Crippen LogP contribution in [0, 0.1) is 20.8 Å². The van der Waals surface area contributed by atoms with E-state index in [1.54, 1.807) is 6.92 Å². The van der Waals surface area contributed by atoms with Gasteiger partial charge in [-0.2, -0.15) is 0 Å². The van der Waals surface area contributed by atoms with Gasteiger partial charge >= 0.3 is 0 Å². The van der Waals surface area contributed by atoms with Crippen molar-refractivity contribution in [1.82, 2.24) is 5.32 Å². The van der Waals surface area contributed by atoms with Gasteiger partial charge in [-0.3, -0.25) is 4.79 Å². The van der Waals surface area contributed by atoms with E-state index in [4.69, 9.17) is 16.3 Å². The van der Waals surface area contributed by atoms with Crippen molar-refractivity contribution in [3.8, 4) is 5.75 Å². The molecule has 0 bridgehead atoms. The second-order valence-electron chi connectivity index (χ2n) is 6.51. The van der Waals surface area contributed by atoms with Crippen LogP contribution in [0.5, 0.6) is 5.75 Å². The molecule has 4 heteroatoms. The summed E-state index contributed by atoms with van der Waals surface area (Å²) in [7, 11) is 0. The van der Waals surface area contributed by atoms with Gasteiger partial charge in [-0.1, -0.05) is 48.4 Å². The van der Waals surface area contributed by atoms with Gasteiger partial charge in [0.25, 0.3) is 5.91 Å². The Labute approximate surface area is 155 Å². The minimum Gasteiger partial charge on any atom is -0.481 e. The molecular formula is C21H26ClNO2. The summed E-state index contributed by atoms with van der Waals surface area (Å²) in [5, 5.41) is 3.80. The molecular weight excluding hydrogens is 334 g/mol. The largest absolute Gasteiger partial charge is 0.481 e. The predicted molar refractivity (Wildman–Crippen MR) is 103 cm³/mol. The highest BCUT2D eigenvalue weighted by atomic mass is 35.5. The Balaban J connectivity index is 2.05. The highest BCUT2D eigenvalue weighted by molar-refractivity contribution is 6.32. The van der Waals surface area contributed by atoms with Crippen LogP contribution >= 0.6 is 11.6 Å². The molecule has 0 fully saturated rings. The molecule has 2 atom stereocenters. The average Bonchev–Trinajstić information content (AvgIpc) is 2.58. The molecule has 0 unspecified atom stereocenters. The average molecular weight is 360 g/mol. The third-order valence-electron chi connectivity index (χ3n) is 4.30. The smallest absolute Gasteiger partial charge is 0.261 e. The topological polar surface area (TPSA) is 38.3 Å². The monoisotopic (exact) mass is 359 g/mol. The van der Waals surface area contributed by atoms with E-state index in [1.165, 1.54) is 5.56 Å². The maximum Gasteiger partial charge on any atom is 0.261 e. The zero-order valence-corrected chi connectivity index (χ0v) is 16.3. The quantitative estimate of drug-likeness (QED) is 0.760. The fraction of sp³-hybridized carbons (Fsp3) is 0.381. The van der Waals surface area contributed by atoms with Gasteiger partial charge in [0.1, 0.15) is 5.75 Å². The van der Waals surface area contributed by atoms with Crippen molar-refractivity contribution >= 4 is 17.5 Å². The van der Waals surface area contributed by atoms with Crippen LogP contribution in [0.1, 0.15) is 48.6 Å². The number of amides is 1. The Morgan fingerprint density at radius 2 is 1.68 bits per heavy atom. The fourth-order valence-corrected chi connectivity index (χ4v) is 2.85. The summed E-state index contributed by atoms with van der Waals surface area (Å²) in [5.74, 6) is 0.531. The standard InChI is InChI=1S/C21H26ClNO2/c1-6-19(17-9-7-13(2)8-10-17)23-21(24)16(5)25-18-11-14(3)20(22)15(4)12-18/h7-12,16,19H,6H2,1-5H3,(H,23,24)/t16-,19+/m0/s1. The molecule has 25 heavy (non-hydrogen) atoms. The van der Waals surface area contributed by atoms with Gasteiger partial charge in [-0.05, 0) is 62.9 Å². The molecule has 3 nitrogen and oxygen atoms in total. The maximum absolute atomic E-state index is 12.5. The molecule has 0 heterocycles. The second-order valence-corrected chi connectivity index (χ2v) is 6.89. The first-order valence-corrected chi connectivity index (χ1v) is 9.00. The zero-order valence-electron chi connectivity index (χ0n) is 15.5. The van der Waals surface area contributed by atoms with Gasteiger partial charge in [0.05, 0.1) is 6.04 Å². The number of rotatable bonds is 6. The third kappa shape index (κ3) is 4.99. The number of aryl methyl sites for hydroxylation is 3. The third-order valence-corrected chi connectivity index (χ3v) is 4.89. The van der Waals surface area contributed by atoms with Crippen molar-refractivity contribution in [3.05, 3.63) is 63.7 Å². The van der Waals surface area contributed by atoms with Crippen LogP contribution in [0.25, 0.3) is 0 Å². The van der Waals surface area contributed by atoms with Crippen LogP contribution < -0.4 is 10.1 Å². The van der Waals surface area contributed by atoms with Gasteiger partial charge < -0.3 is 10.1 Å². The summed E-state index contributed by atoms with van der Waals surface area (Å²) in [6.07, 6.45) is 0.236. The lowest BCUT2D eigenvalue weighted by Crippen LogP contribution is -2.38. The van der Waals surface area contributed by atoms with Gasteiger partial charge in [0.2, 0.25) is 0 Å². The highest BCUT2D eigenvalue weighted by Crippen LogP contribution is 2.26. The van der Waals surface area contributed by atoms with E-state index in [-0.39, 0.29) is 11.9 Å². The van der Waals surface area contributed by atoms with E-state index >= 15 is 0 Å². The minimum absolute atomic E-state index is 0.0205. The van der Waals surface area contributed by atoms with Gasteiger partial charge in [0, 0.05) is 5.02 Å². The molecule has 1 N–H and O–H groups in total. The SMILES string of the molecule is CC[C@@H](NC(=O)[C@H](C)Oc1cc(C)c(Cl)c(C)c1)c1ccc(C)cc1. The van der Waals surface area contributed by atoms with Crippen molar-refractivity contribution in [2.45, 2.75) is 53.2 Å². The molecule has 2 aromatic rings. The lowest BCUT2D eigenvalue weighted by atomic mass is 10.0. The summed E-state index contributed by atoms with van der Waals surface area (Å²) in [4.78, 5) is 12.5. The zero-order chi connectivity index (χ0) is 18.6. The Hall–Kier alpha value is -2.00. The van der Waals surface area contributed by atoms with Crippen molar-refractivity contribution in [2.24, 2.45) is 0 Å². The summed E-state index contributed by atoms with van der Waals surface area (Å²) in [6.45, 7) is 9.73. The van der Waals surface area contributed by atoms with Gasteiger partial charge in [0.15, 0.2) is 6.10 Å². The Morgan fingerprint density at radius 1 is 1.12 bits per heavy atom. The summed E-state index contributed by atoms with van der Waals surface area (Å²) in [6, 6.07) is 11.9. The van der Waals surface area contributed by atoms with E-state index in [9.17, 15) is 4.79 Å². The van der Waals surface area contributed by atoms with Crippen molar-refractivity contribution in [3.63, 3.8) is 0 Å². The Kier molecular flexibility index (Phi) is 6.49. The molecule has 134 valence electrons. The maximum atomic E-state index is 12.5. The molecule has 0 radical (unpaired) electrons. The number of nitrogens with one attached hydrogen (secondary N) is 1. The van der Waals surface area contributed by atoms with Crippen LogP contribution in [-0.2, 0) is 4.79 Å². The normalized spacial score (nSPS) is 13.2. The first-order chi connectivity index (χ1) is 11.8. The van der Waals surface area contributed by atoms with Crippen LogP contribution in [0.15, 0.2) is 36.4 Å². The minimum atomic E-state index is -0.584. The van der Waals surface area contributed by atoms with Crippen LogP contribution in [0.3, 0.4) is 0 Å². The number of carbonyl (C=O) groups excluding carboxylic acids is 1. The molecule has 0 saturated heterocycles. The number of benzene rings is 2. The number of ether oxygens (including phenoxy) is 1. The van der Waals surface area contributed by atoms with Gasteiger partial charge in [-0.15, -0.1) is 0 Å². The van der Waals surface area contributed by atoms with Crippen LogP contribution in [-0.4, -0.2) is 12.0 Å². The van der Waals surface area contributed by atoms with Crippen LogP contribution in [0.4, 0.5) is 0 Å². The van der Waals surface area contributed by atoms with Crippen molar-refractivity contribution in [2.75, 3.05) is 0 Å². The number of carbonyl (C=O) groups is 1. The highest BCUT2D eigenvalue weighted by Gasteiger charge is 2.19. The summed E-state index contributed by atoms with van der Waals surface area (Å²) in [5.41, 5.74) is 4.19. The summed E-state index contributed by atoms with van der Waals surface area (Å²) >= 11 is 6.18. The molecule has 0 aliphatic carbocycles. The number of hydrogen-bond donors (Lipinski definition) is 1. The van der Waals surface area contributed by atoms with E-state index in [2.05, 4.69) is 43.4 Å². The second kappa shape index (κ2) is 8.39. The molecule has 1 amide bonds. The number of hydrogen-bond acceptors (Lipinski definition) is 2. The molecule has 0 spiro atoms. The summed E-state index contributed by atoms with van der Waals surface area (Å²) < 4.78 is 5.82. The van der Waals surface area contributed by atoms with Crippen molar-refractivity contribution < 1.29 is 9.53 Å². The number of halogens is 1. The molecule has 0 saturated carbocycles. The molecule has 0 aliphatic heterocycles. The lowest BCUT2D eigenvalue weighted by Gasteiger charge is -2.21. The molecule has 0 aromatic heterocycles. The van der Waals surface area contributed by atoms with Crippen LogP contribution in [0.2, 0.25) is 5.02 Å². The van der Waals surface area contributed by atoms with E-state index in [0.29, 0.717) is 5.75 Å². The van der Waals surface area contributed by atoms with Gasteiger partial charge in [-0.25, -0.2) is 0 Å². The van der Waals surface area contributed by atoms with E-state index in [0.717, 1.165) is 28.1 Å². The van der Waals surface area contributed by atoms with E-state index in [1.807, 2.05) is 26.0 Å². The molecule has 2 aromatic carbocycles. The lowest BCUT2D eigenvalue weighted by molar-refractivity contribution is -0.128. The fourth-order valence-electron chi connectivity index (χ4n) is 2.74. The Morgan fingerprint density at radius 3 is 2.20 bits per heavy atom. The Bertz CT molecular complexity index is 717. The predicted octanol–water partition coefficient (Wildman–Crippen LogP) is 5.30. The van der Waals surface area contributed by atoms with Crippen molar-refractivity contribution in [1.29, 1.82) is 0 Å². The first kappa shape index (κ1) is 19.3. The van der Waals surface area contributed by atoms with E-state index < -0.39 is 6.10 Å². The first-order valence-electron chi connectivity index (χ1n) is 8.62. The molecule has 0 aliphatic rings. The molecule has 2 rings (SSSR count).